The minimum absolute atomic E-state index is 0.00152. The Kier molecular flexibility index (Phi) is 13.5. The highest BCUT2D eigenvalue weighted by Crippen LogP contribution is 2.65. The number of carbonyl (C=O) groups excluding carboxylic acids is 6. The highest BCUT2D eigenvalue weighted by atomic mass is 16.7. The molecule has 1 heterocycles. The molecular weight excluding hydrogens is 798 g/mol. The highest BCUT2D eigenvalue weighted by Gasteiger charge is 2.78. The molecule has 3 N–H and O–H groups in total. The number of benzene rings is 1. The molecule has 5 rings (SSSR count). The third-order valence-electron chi connectivity index (χ3n) is 12.8. The number of aliphatic hydroxyl groups excluding tert-OH is 1. The third kappa shape index (κ3) is 8.62. The predicted molar refractivity (Wildman–Crippen MR) is 214 cm³/mol. The van der Waals surface area contributed by atoms with E-state index in [-0.39, 0.29) is 42.1 Å². The zero-order valence-electron chi connectivity index (χ0n) is 37.0. The van der Waals surface area contributed by atoms with Crippen LogP contribution >= 0.6 is 0 Å². The fraction of sp³-hybridized carbons (Fsp3) is 0.682. The molecule has 1 amide bonds. The average Bonchev–Trinajstić information content (AvgIpc) is 3.16. The molecule has 1 aromatic carbocycles. The van der Waals surface area contributed by atoms with E-state index in [1.807, 2.05) is 13.8 Å². The van der Waals surface area contributed by atoms with Crippen LogP contribution in [0.1, 0.15) is 98.9 Å². The topological polar surface area (TPSA) is 229 Å². The van der Waals surface area contributed by atoms with Crippen LogP contribution in [0, 0.1) is 22.7 Å². The summed E-state index contributed by atoms with van der Waals surface area (Å²) in [5.74, 6) is -5.21. The number of alkyl carbamates (subject to hydrolysis) is 1. The quantitative estimate of drug-likeness (QED) is 0.159. The van der Waals surface area contributed by atoms with Crippen molar-refractivity contribution in [2.75, 3.05) is 20.8 Å². The van der Waals surface area contributed by atoms with Crippen LogP contribution in [0.2, 0.25) is 0 Å². The van der Waals surface area contributed by atoms with Crippen LogP contribution in [0.15, 0.2) is 41.5 Å². The van der Waals surface area contributed by atoms with Crippen molar-refractivity contribution in [1.82, 2.24) is 5.32 Å². The fourth-order valence-electron chi connectivity index (χ4n) is 9.92. The van der Waals surface area contributed by atoms with E-state index in [0.29, 0.717) is 0 Å². The second-order valence-corrected chi connectivity index (χ2v) is 18.7. The number of aliphatic hydroxyl groups is 2. The van der Waals surface area contributed by atoms with Gasteiger partial charge in [-0.3, -0.25) is 9.59 Å². The van der Waals surface area contributed by atoms with Crippen LogP contribution < -0.4 is 5.32 Å². The zero-order chi connectivity index (χ0) is 45.6. The van der Waals surface area contributed by atoms with Gasteiger partial charge in [-0.05, 0) is 70.2 Å². The monoisotopic (exact) mass is 859 g/mol. The summed E-state index contributed by atoms with van der Waals surface area (Å²) in [5, 5.41) is 27.8. The molecule has 17 nitrogen and oxygen atoms in total. The maximum Gasteiger partial charge on any atom is 0.509 e. The molecule has 61 heavy (non-hydrogen) atoms. The Hall–Kier alpha value is -4.58. The standard InChI is InChI=1S/C44H61NO16/c1-22(2)18-26(45-38(51)61-40(5,6)7)31(47)37(50)57-27-20-44(53)35(59-36(49)25-16-14-13-15-17-25)33-42(10,28(54-11)19-29-43(33,21-56-29)60-24(4)46)34(48)32(58-39(52)55-12)30(23(27)3)41(44,8)9/h13-17,22,26-29,31-33,35,47,53H,18-21H2,1-12H3,(H,45,51)/t26-,27-,28-,29+,31+,32+,33-,35-,42+,43-,44+/m0/s1. The van der Waals surface area contributed by atoms with Gasteiger partial charge >= 0.3 is 30.2 Å². The maximum absolute atomic E-state index is 15.7. The molecule has 2 bridgehead atoms. The van der Waals surface area contributed by atoms with Gasteiger partial charge in [-0.15, -0.1) is 0 Å². The summed E-state index contributed by atoms with van der Waals surface area (Å²) in [7, 11) is 2.42. The molecule has 0 aromatic heterocycles. The number of ether oxygens (including phenoxy) is 8. The summed E-state index contributed by atoms with van der Waals surface area (Å²) in [6, 6.07) is 6.74. The van der Waals surface area contributed by atoms with Gasteiger partial charge in [-0.2, -0.15) is 0 Å². The van der Waals surface area contributed by atoms with Gasteiger partial charge in [-0.25, -0.2) is 19.2 Å². The fourth-order valence-corrected chi connectivity index (χ4v) is 9.92. The molecule has 0 unspecified atom stereocenters. The first-order valence-electron chi connectivity index (χ1n) is 20.5. The van der Waals surface area contributed by atoms with Gasteiger partial charge in [0.1, 0.15) is 29.5 Å². The lowest BCUT2D eigenvalue weighted by molar-refractivity contribution is -0.347. The number of ketones is 1. The van der Waals surface area contributed by atoms with Gasteiger partial charge < -0.3 is 53.4 Å². The van der Waals surface area contributed by atoms with E-state index in [1.165, 1.54) is 40.0 Å². The molecule has 2 saturated carbocycles. The number of rotatable bonds is 11. The minimum Gasteiger partial charge on any atom is -0.456 e. The molecule has 4 aliphatic rings. The second kappa shape index (κ2) is 17.3. The summed E-state index contributed by atoms with van der Waals surface area (Å²) in [5.41, 5.74) is -8.22. The number of esters is 3. The number of methoxy groups -OCH3 is 2. The van der Waals surface area contributed by atoms with Crippen LogP contribution in [-0.2, 0) is 52.3 Å². The molecule has 338 valence electrons. The van der Waals surface area contributed by atoms with E-state index in [2.05, 4.69) is 5.32 Å². The smallest absolute Gasteiger partial charge is 0.456 e. The molecule has 0 spiro atoms. The third-order valence-corrected chi connectivity index (χ3v) is 12.8. The van der Waals surface area contributed by atoms with Crippen molar-refractivity contribution in [2.24, 2.45) is 22.7 Å². The van der Waals surface area contributed by atoms with Crippen LogP contribution in [0.3, 0.4) is 0 Å². The molecule has 1 saturated heterocycles. The van der Waals surface area contributed by atoms with Crippen molar-refractivity contribution >= 4 is 35.9 Å². The Morgan fingerprint density at radius 1 is 1.00 bits per heavy atom. The predicted octanol–water partition coefficient (Wildman–Crippen LogP) is 4.38. The number of Topliss-reactive ketones (excluding diaryl/α,β-unsaturated/α-hetero) is 1. The Morgan fingerprint density at radius 3 is 2.16 bits per heavy atom. The van der Waals surface area contributed by atoms with Gasteiger partial charge in [0.05, 0.1) is 42.8 Å². The number of nitrogens with one attached hydrogen (secondary N) is 1. The SMILES string of the molecule is COC(=O)O[C@H]1C(=O)[C@]2(C)[C@@H](OC)C[C@H]3OC[C@@]3(OC(C)=O)[C@H]2[C@H](OC(=O)c2ccccc2)[C@]2(O)C[C@H](OC(=O)[C@H](O)[C@H](CC(C)C)NC(=O)OC(C)(C)C)C(C)=C1C2(C)C. The first-order chi connectivity index (χ1) is 28.3. The van der Waals surface area contributed by atoms with E-state index in [0.717, 1.165) is 7.11 Å². The largest absolute Gasteiger partial charge is 0.509 e. The van der Waals surface area contributed by atoms with Crippen molar-refractivity contribution in [1.29, 1.82) is 0 Å². The summed E-state index contributed by atoms with van der Waals surface area (Å²) in [6.07, 6.45) is -11.5. The lowest BCUT2D eigenvalue weighted by atomic mass is 9.44. The second-order valence-electron chi connectivity index (χ2n) is 18.7. The van der Waals surface area contributed by atoms with Crippen molar-refractivity contribution in [3.05, 3.63) is 47.0 Å². The zero-order valence-corrected chi connectivity index (χ0v) is 37.0. The molecule has 3 fully saturated rings. The Balaban J connectivity index is 1.75. The normalized spacial score (nSPS) is 32.6. The van der Waals surface area contributed by atoms with Crippen molar-refractivity contribution < 1.29 is 76.9 Å². The average molecular weight is 860 g/mol. The number of hydrogen-bond acceptors (Lipinski definition) is 16. The summed E-state index contributed by atoms with van der Waals surface area (Å²) in [6.45, 7) is 15.7. The summed E-state index contributed by atoms with van der Waals surface area (Å²) >= 11 is 0. The van der Waals surface area contributed by atoms with Crippen LogP contribution in [0.25, 0.3) is 0 Å². The lowest BCUT2D eigenvalue weighted by Crippen LogP contribution is -2.82. The highest BCUT2D eigenvalue weighted by molar-refractivity contribution is 5.95. The minimum atomic E-state index is -2.36. The number of fused-ring (bicyclic) bond motifs is 5. The Bertz CT molecular complexity index is 1900. The Labute approximate surface area is 356 Å². The summed E-state index contributed by atoms with van der Waals surface area (Å²) in [4.78, 5) is 83.2. The molecule has 3 aliphatic carbocycles. The maximum atomic E-state index is 15.7. The van der Waals surface area contributed by atoms with Gasteiger partial charge in [0.25, 0.3) is 0 Å². The summed E-state index contributed by atoms with van der Waals surface area (Å²) < 4.78 is 46.8. The van der Waals surface area contributed by atoms with Crippen molar-refractivity contribution in [2.45, 2.75) is 148 Å². The van der Waals surface area contributed by atoms with Crippen LogP contribution in [0.5, 0.6) is 0 Å². The first kappa shape index (κ1) is 47.5. The lowest BCUT2D eigenvalue weighted by Gasteiger charge is -2.67. The van der Waals surface area contributed by atoms with Crippen molar-refractivity contribution in [3.8, 4) is 0 Å². The molecular formula is C44H61NO16. The number of carbonyl (C=O) groups is 6. The van der Waals surface area contributed by atoms with E-state index in [4.69, 9.17) is 37.9 Å². The van der Waals surface area contributed by atoms with E-state index >= 15 is 4.79 Å². The molecule has 17 heteroatoms. The Morgan fingerprint density at radius 2 is 1.64 bits per heavy atom. The van der Waals surface area contributed by atoms with E-state index < -0.39 is 119 Å². The van der Waals surface area contributed by atoms with Gasteiger partial charge in [-0.1, -0.05) is 45.9 Å². The van der Waals surface area contributed by atoms with Gasteiger partial charge in [0, 0.05) is 32.3 Å². The molecule has 11 atom stereocenters. The number of hydrogen-bond donors (Lipinski definition) is 3. The van der Waals surface area contributed by atoms with E-state index in [1.54, 1.807) is 52.8 Å². The van der Waals surface area contributed by atoms with Crippen molar-refractivity contribution in [3.63, 3.8) is 0 Å². The van der Waals surface area contributed by atoms with Crippen LogP contribution in [-0.4, -0.2) is 126 Å². The molecule has 1 aromatic rings. The van der Waals surface area contributed by atoms with Gasteiger partial charge in [0.15, 0.2) is 23.6 Å². The first-order valence-corrected chi connectivity index (χ1v) is 20.5. The molecule has 0 radical (unpaired) electrons. The molecule has 1 aliphatic heterocycles. The van der Waals surface area contributed by atoms with Crippen LogP contribution in [0.4, 0.5) is 9.59 Å². The number of amides is 1. The van der Waals surface area contributed by atoms with Gasteiger partial charge in [0.2, 0.25) is 0 Å². The van der Waals surface area contributed by atoms with E-state index in [9.17, 15) is 34.2 Å².